The molecule has 0 radical (unpaired) electrons. The van der Waals surface area contributed by atoms with Crippen molar-refractivity contribution in [2.45, 2.75) is 50.7 Å². The van der Waals surface area contributed by atoms with Crippen molar-refractivity contribution in [2.75, 3.05) is 20.2 Å². The first kappa shape index (κ1) is 22.1. The first-order valence-electron chi connectivity index (χ1n) is 11.0. The number of hydrogen-bond donors (Lipinski definition) is 0. The average Bonchev–Trinajstić information content (AvgIpc) is 3.04. The lowest BCUT2D eigenvalue weighted by molar-refractivity contribution is -0.144. The second-order valence-electron chi connectivity index (χ2n) is 8.74. The zero-order valence-electron chi connectivity index (χ0n) is 18.6. The number of hydrogen-bond acceptors (Lipinski definition) is 5. The smallest absolute Gasteiger partial charge is 0.241 e. The van der Waals surface area contributed by atoms with Gasteiger partial charge in [0.2, 0.25) is 17.7 Å². The Labute approximate surface area is 188 Å². The van der Waals surface area contributed by atoms with Crippen molar-refractivity contribution in [1.29, 1.82) is 0 Å². The molecule has 7 nitrogen and oxygen atoms in total. The van der Waals surface area contributed by atoms with E-state index in [0.29, 0.717) is 13.1 Å². The van der Waals surface area contributed by atoms with Gasteiger partial charge in [-0.15, -0.1) is 0 Å². The molecule has 2 aliphatic rings. The molecule has 0 unspecified atom stereocenters. The van der Waals surface area contributed by atoms with Crippen LogP contribution >= 0.6 is 0 Å². The number of pyridine rings is 1. The Morgan fingerprint density at radius 1 is 1.22 bits per heavy atom. The van der Waals surface area contributed by atoms with Gasteiger partial charge in [-0.1, -0.05) is 30.3 Å². The number of amides is 3. The third kappa shape index (κ3) is 4.17. The van der Waals surface area contributed by atoms with Crippen molar-refractivity contribution in [1.82, 2.24) is 14.8 Å². The van der Waals surface area contributed by atoms with E-state index in [9.17, 15) is 14.4 Å². The van der Waals surface area contributed by atoms with Crippen LogP contribution in [0.4, 0.5) is 0 Å². The molecule has 2 aromatic rings. The maximum Gasteiger partial charge on any atom is 0.241 e. The Morgan fingerprint density at radius 3 is 2.75 bits per heavy atom. The molecular weight excluding hydrogens is 406 g/mol. The second-order valence-corrected chi connectivity index (χ2v) is 8.74. The van der Waals surface area contributed by atoms with Crippen molar-refractivity contribution in [2.24, 2.45) is 0 Å². The number of aromatic nitrogens is 1. The minimum Gasteiger partial charge on any atom is -0.380 e. The van der Waals surface area contributed by atoms with Gasteiger partial charge in [0, 0.05) is 45.4 Å². The monoisotopic (exact) mass is 435 g/mol. The molecule has 2 atom stereocenters. The first-order valence-corrected chi connectivity index (χ1v) is 11.0. The molecule has 1 aromatic heterocycles. The van der Waals surface area contributed by atoms with Gasteiger partial charge in [-0.3, -0.25) is 24.3 Å². The number of carbonyl (C=O) groups is 3. The van der Waals surface area contributed by atoms with Crippen LogP contribution in [0, 0.1) is 6.92 Å². The SMILES string of the molecule is CO[C@H]1CCCN(C(=O)C[C@]2(c3ccccc3C)CC(=O)N(Cc3cccnc3)C2=O)C1. The van der Waals surface area contributed by atoms with E-state index in [1.165, 1.54) is 4.90 Å². The number of rotatable bonds is 6. The Kier molecular flexibility index (Phi) is 6.37. The van der Waals surface area contributed by atoms with Crippen LogP contribution in [-0.2, 0) is 31.1 Å². The quantitative estimate of drug-likeness (QED) is 0.652. The largest absolute Gasteiger partial charge is 0.380 e. The van der Waals surface area contributed by atoms with Crippen molar-refractivity contribution < 1.29 is 19.1 Å². The van der Waals surface area contributed by atoms with Crippen LogP contribution in [-0.4, -0.2) is 58.8 Å². The Morgan fingerprint density at radius 2 is 2.03 bits per heavy atom. The molecule has 2 saturated heterocycles. The van der Waals surface area contributed by atoms with E-state index in [0.717, 1.165) is 29.5 Å². The minimum atomic E-state index is -1.19. The van der Waals surface area contributed by atoms with Gasteiger partial charge >= 0.3 is 0 Å². The molecule has 0 N–H and O–H groups in total. The van der Waals surface area contributed by atoms with Gasteiger partial charge in [-0.25, -0.2) is 0 Å². The third-order valence-corrected chi connectivity index (χ3v) is 6.65. The number of aryl methyl sites for hydroxylation is 1. The van der Waals surface area contributed by atoms with E-state index < -0.39 is 5.41 Å². The van der Waals surface area contributed by atoms with Crippen LogP contribution in [0.1, 0.15) is 42.4 Å². The molecule has 0 saturated carbocycles. The normalized spacial score (nSPS) is 23.6. The summed E-state index contributed by atoms with van der Waals surface area (Å²) in [5, 5.41) is 0. The summed E-state index contributed by atoms with van der Waals surface area (Å²) >= 11 is 0. The standard InChI is InChI=1S/C25H29N3O4/c1-18-7-3-4-10-21(18)25(13-22(29)27-12-6-9-20(17-27)32-2)14-23(30)28(24(25)31)16-19-8-5-11-26-15-19/h3-5,7-8,10-11,15,20H,6,9,12-14,16-17H2,1-2H3/t20-,25+/m0/s1. The number of nitrogens with zero attached hydrogens (tertiary/aromatic N) is 3. The Bertz CT molecular complexity index is 1010. The van der Waals surface area contributed by atoms with Crippen molar-refractivity contribution >= 4 is 17.7 Å². The van der Waals surface area contributed by atoms with Gasteiger partial charge in [-0.05, 0) is 42.5 Å². The van der Waals surface area contributed by atoms with Crippen LogP contribution < -0.4 is 0 Å². The predicted octanol–water partition coefficient (Wildman–Crippen LogP) is 2.61. The Hall–Kier alpha value is -3.06. The molecule has 1 aromatic carbocycles. The number of likely N-dealkylation sites (tertiary alicyclic amines) is 2. The van der Waals surface area contributed by atoms with E-state index in [1.807, 2.05) is 37.3 Å². The lowest BCUT2D eigenvalue weighted by atomic mass is 9.73. The van der Waals surface area contributed by atoms with Crippen LogP contribution in [0.25, 0.3) is 0 Å². The summed E-state index contributed by atoms with van der Waals surface area (Å²) in [5.41, 5.74) is 1.24. The summed E-state index contributed by atoms with van der Waals surface area (Å²) < 4.78 is 5.46. The number of benzene rings is 1. The Balaban J connectivity index is 1.66. The van der Waals surface area contributed by atoms with Crippen LogP contribution in [0.15, 0.2) is 48.8 Å². The fourth-order valence-corrected chi connectivity index (χ4v) is 4.92. The van der Waals surface area contributed by atoms with E-state index in [-0.39, 0.29) is 43.2 Å². The fraction of sp³-hybridized carbons (Fsp3) is 0.440. The van der Waals surface area contributed by atoms with E-state index >= 15 is 0 Å². The summed E-state index contributed by atoms with van der Waals surface area (Å²) in [6, 6.07) is 11.2. The number of methoxy groups -OCH3 is 1. The van der Waals surface area contributed by atoms with Gasteiger partial charge in [-0.2, -0.15) is 0 Å². The van der Waals surface area contributed by atoms with Crippen molar-refractivity contribution in [3.63, 3.8) is 0 Å². The maximum atomic E-state index is 13.8. The lowest BCUT2D eigenvalue weighted by Crippen LogP contribution is -2.47. The molecule has 32 heavy (non-hydrogen) atoms. The van der Waals surface area contributed by atoms with Crippen LogP contribution in [0.3, 0.4) is 0 Å². The number of carbonyl (C=O) groups excluding carboxylic acids is 3. The molecule has 0 bridgehead atoms. The maximum absolute atomic E-state index is 13.8. The molecule has 0 spiro atoms. The minimum absolute atomic E-state index is 0.00472. The van der Waals surface area contributed by atoms with Crippen LogP contribution in [0.5, 0.6) is 0 Å². The van der Waals surface area contributed by atoms with Gasteiger partial charge in [0.05, 0.1) is 18.1 Å². The highest BCUT2D eigenvalue weighted by Crippen LogP contribution is 2.42. The molecule has 3 heterocycles. The molecule has 2 fully saturated rings. The van der Waals surface area contributed by atoms with Crippen LogP contribution in [0.2, 0.25) is 0 Å². The summed E-state index contributed by atoms with van der Waals surface area (Å²) in [5.74, 6) is -0.683. The van der Waals surface area contributed by atoms with E-state index in [2.05, 4.69) is 4.98 Å². The summed E-state index contributed by atoms with van der Waals surface area (Å²) in [7, 11) is 1.66. The van der Waals surface area contributed by atoms with Gasteiger partial charge in [0.25, 0.3) is 0 Å². The number of ether oxygens (including phenoxy) is 1. The zero-order chi connectivity index (χ0) is 22.7. The fourth-order valence-electron chi connectivity index (χ4n) is 4.92. The van der Waals surface area contributed by atoms with Gasteiger partial charge in [0.1, 0.15) is 0 Å². The highest BCUT2D eigenvalue weighted by molar-refractivity contribution is 6.10. The van der Waals surface area contributed by atoms with E-state index in [4.69, 9.17) is 4.74 Å². The van der Waals surface area contributed by atoms with Crippen molar-refractivity contribution in [3.8, 4) is 0 Å². The molecule has 168 valence electrons. The van der Waals surface area contributed by atoms with Gasteiger partial charge < -0.3 is 9.64 Å². The predicted molar refractivity (Wildman–Crippen MR) is 118 cm³/mol. The number of imide groups is 1. The van der Waals surface area contributed by atoms with Crippen molar-refractivity contribution in [3.05, 3.63) is 65.5 Å². The average molecular weight is 436 g/mol. The highest BCUT2D eigenvalue weighted by atomic mass is 16.5. The topological polar surface area (TPSA) is 79.8 Å². The third-order valence-electron chi connectivity index (χ3n) is 6.65. The first-order chi connectivity index (χ1) is 15.4. The van der Waals surface area contributed by atoms with E-state index in [1.54, 1.807) is 30.5 Å². The molecular formula is C25H29N3O4. The number of piperidine rings is 1. The molecule has 2 aliphatic heterocycles. The highest BCUT2D eigenvalue weighted by Gasteiger charge is 2.54. The summed E-state index contributed by atoms with van der Waals surface area (Å²) in [6.07, 6.45) is 5.05. The molecule has 4 rings (SSSR count). The van der Waals surface area contributed by atoms with Gasteiger partial charge in [0.15, 0.2) is 0 Å². The second kappa shape index (κ2) is 9.20. The summed E-state index contributed by atoms with van der Waals surface area (Å²) in [6.45, 7) is 3.23. The lowest BCUT2D eigenvalue weighted by Gasteiger charge is -2.35. The molecule has 3 amide bonds. The molecule has 0 aliphatic carbocycles. The zero-order valence-corrected chi connectivity index (χ0v) is 18.6. The molecule has 7 heteroatoms. The summed E-state index contributed by atoms with van der Waals surface area (Å²) in [4.78, 5) is 47.5.